The largest absolute Gasteiger partial charge is 0.475 e. The molecule has 5 heteroatoms. The molecule has 104 valence electrons. The van der Waals surface area contributed by atoms with Crippen LogP contribution in [-0.2, 0) is 11.2 Å². The van der Waals surface area contributed by atoms with Crippen molar-refractivity contribution >= 4 is 22.8 Å². The molecular weight excluding hydrogens is 268 g/mol. The van der Waals surface area contributed by atoms with Crippen molar-refractivity contribution < 1.29 is 14.7 Å². The number of hydrogen-bond donors (Lipinski definition) is 2. The Morgan fingerprint density at radius 3 is 2.52 bits per heavy atom. The number of aliphatic carboxylic acids is 1. The van der Waals surface area contributed by atoms with Crippen molar-refractivity contribution in [1.29, 1.82) is 0 Å². The van der Waals surface area contributed by atoms with Gasteiger partial charge in [0.05, 0.1) is 11.0 Å². The summed E-state index contributed by atoms with van der Waals surface area (Å²) in [4.78, 5) is 28.8. The maximum absolute atomic E-state index is 11.4. The van der Waals surface area contributed by atoms with E-state index in [1.807, 2.05) is 42.5 Å². The van der Waals surface area contributed by atoms with Crippen LogP contribution in [0.2, 0.25) is 0 Å². The third-order valence-electron chi connectivity index (χ3n) is 3.21. The second-order valence-corrected chi connectivity index (χ2v) is 4.73. The van der Waals surface area contributed by atoms with E-state index in [9.17, 15) is 9.59 Å². The lowest BCUT2D eigenvalue weighted by Gasteiger charge is -2.01. The Bertz CT molecular complexity index is 822. The molecule has 0 bridgehead atoms. The molecule has 2 N–H and O–H groups in total. The SMILES string of the molecule is O=C(O)C(=O)c1nc2ccc(Cc3ccccc3)cc2[nH]1. The first-order valence-electron chi connectivity index (χ1n) is 6.43. The zero-order valence-corrected chi connectivity index (χ0v) is 11.0. The second kappa shape index (κ2) is 5.20. The smallest absolute Gasteiger partial charge is 0.380 e. The predicted molar refractivity (Wildman–Crippen MR) is 77.3 cm³/mol. The van der Waals surface area contributed by atoms with Gasteiger partial charge in [-0.15, -0.1) is 0 Å². The van der Waals surface area contributed by atoms with Crippen LogP contribution in [0.25, 0.3) is 11.0 Å². The first-order valence-corrected chi connectivity index (χ1v) is 6.43. The third-order valence-corrected chi connectivity index (χ3v) is 3.21. The predicted octanol–water partition coefficient (Wildman–Crippen LogP) is 2.42. The van der Waals surface area contributed by atoms with Gasteiger partial charge in [-0.1, -0.05) is 36.4 Å². The van der Waals surface area contributed by atoms with Crippen LogP contribution in [0.1, 0.15) is 21.7 Å². The molecule has 1 aromatic heterocycles. The lowest BCUT2D eigenvalue weighted by Crippen LogP contribution is -2.14. The molecule has 3 rings (SSSR count). The first-order chi connectivity index (χ1) is 10.1. The molecule has 21 heavy (non-hydrogen) atoms. The number of benzene rings is 2. The number of aromatic nitrogens is 2. The Morgan fingerprint density at radius 1 is 1.05 bits per heavy atom. The molecule has 1 heterocycles. The Kier molecular flexibility index (Phi) is 3.23. The number of imidazole rings is 1. The molecule has 0 radical (unpaired) electrons. The van der Waals surface area contributed by atoms with Gasteiger partial charge >= 0.3 is 11.8 Å². The number of fused-ring (bicyclic) bond motifs is 1. The van der Waals surface area contributed by atoms with Crippen molar-refractivity contribution in [3.8, 4) is 0 Å². The van der Waals surface area contributed by atoms with E-state index in [1.165, 1.54) is 5.56 Å². The number of carboxylic acid groups (broad SMARTS) is 1. The maximum atomic E-state index is 11.4. The van der Waals surface area contributed by atoms with Gasteiger partial charge in [-0.3, -0.25) is 4.79 Å². The van der Waals surface area contributed by atoms with Crippen LogP contribution in [0.3, 0.4) is 0 Å². The minimum Gasteiger partial charge on any atom is -0.475 e. The van der Waals surface area contributed by atoms with E-state index >= 15 is 0 Å². The van der Waals surface area contributed by atoms with Crippen molar-refractivity contribution in [2.24, 2.45) is 0 Å². The van der Waals surface area contributed by atoms with E-state index in [-0.39, 0.29) is 5.82 Å². The lowest BCUT2D eigenvalue weighted by molar-refractivity contribution is -0.131. The van der Waals surface area contributed by atoms with E-state index in [2.05, 4.69) is 9.97 Å². The quantitative estimate of drug-likeness (QED) is 0.568. The van der Waals surface area contributed by atoms with Gasteiger partial charge in [0.2, 0.25) is 0 Å². The van der Waals surface area contributed by atoms with Crippen molar-refractivity contribution in [2.75, 3.05) is 0 Å². The average molecular weight is 280 g/mol. The zero-order chi connectivity index (χ0) is 14.8. The summed E-state index contributed by atoms with van der Waals surface area (Å²) in [6.07, 6.45) is 0.762. The highest BCUT2D eigenvalue weighted by atomic mass is 16.4. The molecule has 0 saturated heterocycles. The molecule has 0 aliphatic heterocycles. The lowest BCUT2D eigenvalue weighted by atomic mass is 10.0. The number of hydrogen-bond acceptors (Lipinski definition) is 3. The molecule has 0 spiro atoms. The van der Waals surface area contributed by atoms with Crippen LogP contribution in [0.4, 0.5) is 0 Å². The van der Waals surface area contributed by atoms with Crippen LogP contribution in [-0.4, -0.2) is 26.8 Å². The van der Waals surface area contributed by atoms with E-state index in [4.69, 9.17) is 5.11 Å². The summed E-state index contributed by atoms with van der Waals surface area (Å²) >= 11 is 0. The van der Waals surface area contributed by atoms with Gasteiger partial charge in [0, 0.05) is 0 Å². The van der Waals surface area contributed by atoms with Crippen LogP contribution in [0.15, 0.2) is 48.5 Å². The summed E-state index contributed by atoms with van der Waals surface area (Å²) in [7, 11) is 0. The number of rotatable bonds is 4. The first kappa shape index (κ1) is 13.1. The number of ketones is 1. The molecule has 0 aliphatic carbocycles. The van der Waals surface area contributed by atoms with Crippen molar-refractivity contribution in [3.05, 3.63) is 65.5 Å². The van der Waals surface area contributed by atoms with E-state index in [1.54, 1.807) is 6.07 Å². The molecule has 2 aromatic carbocycles. The van der Waals surface area contributed by atoms with Crippen LogP contribution >= 0.6 is 0 Å². The van der Waals surface area contributed by atoms with Gasteiger partial charge in [0.15, 0.2) is 5.82 Å². The Morgan fingerprint density at radius 2 is 1.81 bits per heavy atom. The number of nitrogens with one attached hydrogen (secondary N) is 1. The minimum atomic E-state index is -1.52. The Labute approximate surface area is 120 Å². The summed E-state index contributed by atoms with van der Waals surface area (Å²) in [5.74, 6) is -2.69. The van der Waals surface area contributed by atoms with Crippen molar-refractivity contribution in [2.45, 2.75) is 6.42 Å². The highest BCUT2D eigenvalue weighted by molar-refractivity contribution is 6.39. The number of carboxylic acids is 1. The highest BCUT2D eigenvalue weighted by Crippen LogP contribution is 2.17. The van der Waals surface area contributed by atoms with E-state index in [0.29, 0.717) is 11.0 Å². The van der Waals surface area contributed by atoms with Crippen LogP contribution in [0, 0.1) is 0 Å². The average Bonchev–Trinajstić information content (AvgIpc) is 2.90. The monoisotopic (exact) mass is 280 g/mol. The molecule has 0 unspecified atom stereocenters. The topological polar surface area (TPSA) is 83.0 Å². The summed E-state index contributed by atoms with van der Waals surface area (Å²) in [5, 5.41) is 8.70. The standard InChI is InChI=1S/C16H12N2O3/c19-14(16(20)21)15-17-12-7-6-11(9-13(12)18-15)8-10-4-2-1-3-5-10/h1-7,9H,8H2,(H,17,18)(H,20,21). The summed E-state index contributed by atoms with van der Waals surface area (Å²) in [6, 6.07) is 15.6. The number of aromatic amines is 1. The molecular formula is C16H12N2O3. The van der Waals surface area contributed by atoms with Gasteiger partial charge < -0.3 is 10.1 Å². The summed E-state index contributed by atoms with van der Waals surface area (Å²) in [6.45, 7) is 0. The zero-order valence-electron chi connectivity index (χ0n) is 11.0. The fourth-order valence-corrected chi connectivity index (χ4v) is 2.21. The van der Waals surface area contributed by atoms with Gasteiger partial charge in [0.25, 0.3) is 0 Å². The molecule has 0 fully saturated rings. The molecule has 0 atom stereocenters. The Hall–Kier alpha value is -2.95. The van der Waals surface area contributed by atoms with Crippen LogP contribution in [0.5, 0.6) is 0 Å². The van der Waals surface area contributed by atoms with Gasteiger partial charge in [-0.2, -0.15) is 0 Å². The number of carbonyl (C=O) groups excluding carboxylic acids is 1. The molecule has 0 aliphatic rings. The highest BCUT2D eigenvalue weighted by Gasteiger charge is 2.18. The van der Waals surface area contributed by atoms with Gasteiger partial charge in [-0.05, 0) is 29.7 Å². The van der Waals surface area contributed by atoms with Gasteiger partial charge in [0.1, 0.15) is 0 Å². The number of nitrogens with zero attached hydrogens (tertiary/aromatic N) is 1. The molecule has 3 aromatic rings. The fraction of sp³-hybridized carbons (Fsp3) is 0.0625. The third kappa shape index (κ3) is 2.67. The van der Waals surface area contributed by atoms with Crippen molar-refractivity contribution in [3.63, 3.8) is 0 Å². The molecule has 0 saturated carbocycles. The fourth-order valence-electron chi connectivity index (χ4n) is 2.21. The molecule has 0 amide bonds. The summed E-state index contributed by atoms with van der Waals surface area (Å²) in [5.41, 5.74) is 3.48. The number of carbonyl (C=O) groups is 2. The minimum absolute atomic E-state index is 0.144. The normalized spacial score (nSPS) is 10.7. The number of H-pyrrole nitrogens is 1. The molecule has 5 nitrogen and oxygen atoms in total. The van der Waals surface area contributed by atoms with E-state index < -0.39 is 11.8 Å². The van der Waals surface area contributed by atoms with Crippen LogP contribution < -0.4 is 0 Å². The Balaban J connectivity index is 1.93. The van der Waals surface area contributed by atoms with Gasteiger partial charge in [-0.25, -0.2) is 9.78 Å². The maximum Gasteiger partial charge on any atom is 0.380 e. The second-order valence-electron chi connectivity index (χ2n) is 4.73. The number of Topliss-reactive ketones (excluding diaryl/α,β-unsaturated/α-hetero) is 1. The van der Waals surface area contributed by atoms with E-state index in [0.717, 1.165) is 12.0 Å². The summed E-state index contributed by atoms with van der Waals surface area (Å²) < 4.78 is 0. The van der Waals surface area contributed by atoms with Crippen molar-refractivity contribution in [1.82, 2.24) is 9.97 Å².